The number of nitrogens with one attached hydrogen (secondary N) is 1. The lowest BCUT2D eigenvalue weighted by Crippen LogP contribution is -2.41. The monoisotopic (exact) mass is 277 g/mol. The SMILES string of the molecule is CC(C)N(C)CC(=O)NCC(c1ccccc1)N(C)C. The van der Waals surface area contributed by atoms with Crippen molar-refractivity contribution >= 4 is 5.91 Å². The zero-order valence-electron chi connectivity index (χ0n) is 13.3. The molecule has 1 atom stereocenters. The highest BCUT2D eigenvalue weighted by molar-refractivity contribution is 5.78. The zero-order chi connectivity index (χ0) is 15.1. The van der Waals surface area contributed by atoms with Crippen molar-refractivity contribution in [2.24, 2.45) is 0 Å². The minimum absolute atomic E-state index is 0.0731. The van der Waals surface area contributed by atoms with Crippen LogP contribution in [-0.2, 0) is 4.79 Å². The van der Waals surface area contributed by atoms with Crippen molar-refractivity contribution in [2.45, 2.75) is 25.9 Å². The van der Waals surface area contributed by atoms with Crippen molar-refractivity contribution in [3.8, 4) is 0 Å². The Hall–Kier alpha value is -1.39. The Morgan fingerprint density at radius 2 is 1.75 bits per heavy atom. The number of amides is 1. The molecule has 1 amide bonds. The van der Waals surface area contributed by atoms with Gasteiger partial charge in [0.05, 0.1) is 12.6 Å². The Labute approximate surface area is 122 Å². The van der Waals surface area contributed by atoms with Gasteiger partial charge in [-0.3, -0.25) is 9.69 Å². The number of rotatable bonds is 7. The third-order valence-corrected chi connectivity index (χ3v) is 3.57. The molecule has 0 spiro atoms. The first-order valence-electron chi connectivity index (χ1n) is 7.10. The Morgan fingerprint density at radius 1 is 1.15 bits per heavy atom. The molecule has 1 aromatic rings. The molecule has 1 N–H and O–H groups in total. The highest BCUT2D eigenvalue weighted by Crippen LogP contribution is 2.16. The van der Waals surface area contributed by atoms with E-state index in [9.17, 15) is 4.79 Å². The van der Waals surface area contributed by atoms with Crippen LogP contribution in [0.5, 0.6) is 0 Å². The van der Waals surface area contributed by atoms with Crippen LogP contribution in [0.4, 0.5) is 0 Å². The molecule has 0 aliphatic carbocycles. The second-order valence-electron chi connectivity index (χ2n) is 5.70. The number of nitrogens with zero attached hydrogens (tertiary/aromatic N) is 2. The third-order valence-electron chi connectivity index (χ3n) is 3.57. The Kier molecular flexibility index (Phi) is 6.68. The van der Waals surface area contributed by atoms with Crippen LogP contribution in [0.15, 0.2) is 30.3 Å². The molecule has 0 heterocycles. The van der Waals surface area contributed by atoms with Crippen LogP contribution >= 0.6 is 0 Å². The number of hydrogen-bond acceptors (Lipinski definition) is 3. The second-order valence-corrected chi connectivity index (χ2v) is 5.70. The maximum Gasteiger partial charge on any atom is 0.234 e. The molecule has 0 radical (unpaired) electrons. The lowest BCUT2D eigenvalue weighted by atomic mass is 10.1. The van der Waals surface area contributed by atoms with E-state index in [4.69, 9.17) is 0 Å². The van der Waals surface area contributed by atoms with Gasteiger partial charge >= 0.3 is 0 Å². The molecule has 0 aromatic heterocycles. The molecule has 1 unspecified atom stereocenters. The number of hydrogen-bond donors (Lipinski definition) is 1. The first kappa shape index (κ1) is 16.7. The molecule has 0 saturated heterocycles. The van der Waals surface area contributed by atoms with E-state index in [2.05, 4.69) is 36.2 Å². The summed E-state index contributed by atoms with van der Waals surface area (Å²) in [5, 5.41) is 3.03. The van der Waals surface area contributed by atoms with Gasteiger partial charge in [0, 0.05) is 12.6 Å². The standard InChI is InChI=1S/C16H27N3O/c1-13(2)19(5)12-16(20)17-11-15(18(3)4)14-9-7-6-8-10-14/h6-10,13,15H,11-12H2,1-5H3,(H,17,20). The van der Waals surface area contributed by atoms with Gasteiger partial charge in [0.25, 0.3) is 0 Å². The van der Waals surface area contributed by atoms with Gasteiger partial charge < -0.3 is 10.2 Å². The molecule has 112 valence electrons. The molecule has 0 aliphatic heterocycles. The van der Waals surface area contributed by atoms with Gasteiger partial charge in [0.1, 0.15) is 0 Å². The topological polar surface area (TPSA) is 35.6 Å². The zero-order valence-corrected chi connectivity index (χ0v) is 13.3. The van der Waals surface area contributed by atoms with Crippen LogP contribution < -0.4 is 5.32 Å². The van der Waals surface area contributed by atoms with Crippen molar-refractivity contribution in [1.82, 2.24) is 15.1 Å². The van der Waals surface area contributed by atoms with E-state index < -0.39 is 0 Å². The van der Waals surface area contributed by atoms with Crippen molar-refractivity contribution in [3.63, 3.8) is 0 Å². The summed E-state index contributed by atoms with van der Waals surface area (Å²) in [7, 11) is 6.03. The van der Waals surface area contributed by atoms with E-state index in [-0.39, 0.29) is 11.9 Å². The first-order valence-corrected chi connectivity index (χ1v) is 7.10. The Morgan fingerprint density at radius 3 is 2.25 bits per heavy atom. The molecule has 1 aromatic carbocycles. The summed E-state index contributed by atoms with van der Waals surface area (Å²) in [4.78, 5) is 16.1. The minimum atomic E-state index is 0.0731. The molecular formula is C16H27N3O. The average Bonchev–Trinajstić information content (AvgIpc) is 2.39. The molecule has 20 heavy (non-hydrogen) atoms. The predicted octanol–water partition coefficient (Wildman–Crippen LogP) is 1.75. The molecule has 0 saturated carbocycles. The summed E-state index contributed by atoms with van der Waals surface area (Å²) in [6.45, 7) is 5.23. The highest BCUT2D eigenvalue weighted by atomic mass is 16.2. The number of carbonyl (C=O) groups is 1. The minimum Gasteiger partial charge on any atom is -0.353 e. The molecule has 0 fully saturated rings. The van der Waals surface area contributed by atoms with E-state index in [1.807, 2.05) is 44.2 Å². The fourth-order valence-corrected chi connectivity index (χ4v) is 1.95. The quantitative estimate of drug-likeness (QED) is 0.825. The fourth-order valence-electron chi connectivity index (χ4n) is 1.95. The van der Waals surface area contributed by atoms with Gasteiger partial charge in [-0.15, -0.1) is 0 Å². The highest BCUT2D eigenvalue weighted by Gasteiger charge is 2.16. The molecule has 0 aliphatic rings. The summed E-state index contributed by atoms with van der Waals surface area (Å²) in [5.74, 6) is 0.0731. The summed E-state index contributed by atoms with van der Waals surface area (Å²) in [5.41, 5.74) is 1.22. The lowest BCUT2D eigenvalue weighted by Gasteiger charge is -2.26. The van der Waals surface area contributed by atoms with E-state index in [0.29, 0.717) is 19.1 Å². The maximum absolute atomic E-state index is 11.9. The van der Waals surface area contributed by atoms with E-state index >= 15 is 0 Å². The van der Waals surface area contributed by atoms with Crippen LogP contribution in [0, 0.1) is 0 Å². The van der Waals surface area contributed by atoms with E-state index in [1.54, 1.807) is 0 Å². The Balaban J connectivity index is 2.54. The molecule has 1 rings (SSSR count). The molecule has 4 heteroatoms. The number of carbonyl (C=O) groups excluding carboxylic acids is 1. The lowest BCUT2D eigenvalue weighted by molar-refractivity contribution is -0.122. The number of likely N-dealkylation sites (N-methyl/N-ethyl adjacent to an activating group) is 2. The van der Waals surface area contributed by atoms with Gasteiger partial charge in [0.2, 0.25) is 5.91 Å². The first-order chi connectivity index (χ1) is 9.41. The summed E-state index contributed by atoms with van der Waals surface area (Å²) in [6.07, 6.45) is 0. The van der Waals surface area contributed by atoms with E-state index in [0.717, 1.165) is 0 Å². The molecule has 0 bridgehead atoms. The normalized spacial score (nSPS) is 13.0. The van der Waals surface area contributed by atoms with Crippen LogP contribution in [-0.4, -0.2) is 56.0 Å². The van der Waals surface area contributed by atoms with Crippen molar-refractivity contribution in [2.75, 3.05) is 34.2 Å². The van der Waals surface area contributed by atoms with Crippen molar-refractivity contribution < 1.29 is 4.79 Å². The molecule has 4 nitrogen and oxygen atoms in total. The largest absolute Gasteiger partial charge is 0.353 e. The van der Waals surface area contributed by atoms with Crippen molar-refractivity contribution in [1.29, 1.82) is 0 Å². The summed E-state index contributed by atoms with van der Waals surface area (Å²) >= 11 is 0. The second kappa shape index (κ2) is 8.02. The van der Waals surface area contributed by atoms with Crippen molar-refractivity contribution in [3.05, 3.63) is 35.9 Å². The Bertz CT molecular complexity index is 403. The van der Waals surface area contributed by atoms with Gasteiger partial charge in [-0.25, -0.2) is 0 Å². The van der Waals surface area contributed by atoms with Gasteiger partial charge in [0.15, 0.2) is 0 Å². The smallest absolute Gasteiger partial charge is 0.234 e. The third kappa shape index (κ3) is 5.31. The summed E-state index contributed by atoms with van der Waals surface area (Å²) < 4.78 is 0. The van der Waals surface area contributed by atoms with E-state index in [1.165, 1.54) is 5.56 Å². The van der Waals surface area contributed by atoms with Crippen LogP contribution in [0.3, 0.4) is 0 Å². The van der Waals surface area contributed by atoms with Crippen LogP contribution in [0.1, 0.15) is 25.5 Å². The maximum atomic E-state index is 11.9. The van der Waals surface area contributed by atoms with Gasteiger partial charge in [-0.05, 0) is 40.6 Å². The van der Waals surface area contributed by atoms with Crippen LogP contribution in [0.25, 0.3) is 0 Å². The predicted molar refractivity (Wildman–Crippen MR) is 83.6 cm³/mol. The van der Waals surface area contributed by atoms with Crippen LogP contribution in [0.2, 0.25) is 0 Å². The molecular weight excluding hydrogens is 250 g/mol. The fraction of sp³-hybridized carbons (Fsp3) is 0.562. The summed E-state index contributed by atoms with van der Waals surface area (Å²) in [6, 6.07) is 10.8. The van der Waals surface area contributed by atoms with Gasteiger partial charge in [-0.2, -0.15) is 0 Å². The van der Waals surface area contributed by atoms with Gasteiger partial charge in [-0.1, -0.05) is 30.3 Å². The average molecular weight is 277 g/mol. The number of benzene rings is 1.